The number of benzene rings is 3. The highest BCUT2D eigenvalue weighted by Crippen LogP contribution is 2.23. The van der Waals surface area contributed by atoms with E-state index in [0.717, 1.165) is 22.3 Å². The van der Waals surface area contributed by atoms with Crippen molar-refractivity contribution in [1.82, 2.24) is 3.97 Å². The number of aromatic nitrogens is 1. The Morgan fingerprint density at radius 1 is 0.968 bits per heavy atom. The highest BCUT2D eigenvalue weighted by molar-refractivity contribution is 8.13. The first-order chi connectivity index (χ1) is 15.0. The van der Waals surface area contributed by atoms with Crippen LogP contribution in [0.1, 0.15) is 11.1 Å². The monoisotopic (exact) mass is 448 g/mol. The summed E-state index contributed by atoms with van der Waals surface area (Å²) in [6.07, 6.45) is 3.16. The lowest BCUT2D eigenvalue weighted by atomic mass is 10.2. The molecule has 0 saturated heterocycles. The van der Waals surface area contributed by atoms with E-state index in [1.165, 1.54) is 15.7 Å². The molecule has 31 heavy (non-hydrogen) atoms. The van der Waals surface area contributed by atoms with Crippen LogP contribution < -0.4 is 5.73 Å². The van der Waals surface area contributed by atoms with Crippen LogP contribution in [0.5, 0.6) is 0 Å². The van der Waals surface area contributed by atoms with Crippen molar-refractivity contribution in [2.45, 2.75) is 10.6 Å². The summed E-state index contributed by atoms with van der Waals surface area (Å²) in [5.41, 5.74) is 8.47. The maximum absolute atomic E-state index is 12.9. The van der Waals surface area contributed by atoms with E-state index >= 15 is 0 Å². The molecule has 156 valence electrons. The molecule has 0 fully saturated rings. The molecule has 8 heteroatoms. The van der Waals surface area contributed by atoms with Gasteiger partial charge in [-0.3, -0.25) is 0 Å². The van der Waals surface area contributed by atoms with Crippen molar-refractivity contribution >= 4 is 44.1 Å². The van der Waals surface area contributed by atoms with Crippen molar-refractivity contribution in [3.63, 3.8) is 0 Å². The summed E-state index contributed by atoms with van der Waals surface area (Å²) in [7, 11) is -3.65. The van der Waals surface area contributed by atoms with Crippen molar-refractivity contribution in [1.29, 1.82) is 0 Å². The summed E-state index contributed by atoms with van der Waals surface area (Å²) in [6.45, 7) is 0. The first-order valence-electron chi connectivity index (χ1n) is 9.49. The summed E-state index contributed by atoms with van der Waals surface area (Å²) in [5.74, 6) is 0.723. The fourth-order valence-electron chi connectivity index (χ4n) is 3.04. The molecule has 0 aliphatic carbocycles. The van der Waals surface area contributed by atoms with Crippen molar-refractivity contribution < 1.29 is 8.42 Å². The van der Waals surface area contributed by atoms with Crippen LogP contribution in [0.4, 0.5) is 0 Å². The summed E-state index contributed by atoms with van der Waals surface area (Å²) < 4.78 is 27.1. The van der Waals surface area contributed by atoms with Crippen molar-refractivity contribution in [2.75, 3.05) is 0 Å². The maximum atomic E-state index is 12.9. The third kappa shape index (κ3) is 4.87. The summed E-state index contributed by atoms with van der Waals surface area (Å²) in [5, 5.41) is 9.25. The second-order valence-electron chi connectivity index (χ2n) is 6.70. The van der Waals surface area contributed by atoms with Crippen molar-refractivity contribution in [2.24, 2.45) is 15.9 Å². The largest absolute Gasteiger partial charge is 0.377 e. The zero-order valence-corrected chi connectivity index (χ0v) is 18.1. The average Bonchev–Trinajstić information content (AvgIpc) is 3.23. The van der Waals surface area contributed by atoms with E-state index in [1.807, 2.05) is 36.4 Å². The average molecular weight is 449 g/mol. The molecular weight excluding hydrogens is 428 g/mol. The number of hydrogen-bond donors (Lipinski definition) is 1. The Labute approximate surface area is 185 Å². The van der Waals surface area contributed by atoms with Gasteiger partial charge in [0.2, 0.25) is 0 Å². The highest BCUT2D eigenvalue weighted by atomic mass is 32.2. The molecule has 0 unspecified atom stereocenters. The van der Waals surface area contributed by atoms with E-state index in [1.54, 1.807) is 60.9 Å². The molecule has 0 spiro atoms. The number of nitrogens with zero attached hydrogens (tertiary/aromatic N) is 3. The van der Waals surface area contributed by atoms with Gasteiger partial charge in [0.05, 0.1) is 16.6 Å². The summed E-state index contributed by atoms with van der Waals surface area (Å²) in [4.78, 5) is 0.246. The van der Waals surface area contributed by atoms with E-state index in [-0.39, 0.29) is 4.90 Å². The third-order valence-corrected chi connectivity index (χ3v) is 7.13. The fourth-order valence-corrected chi connectivity index (χ4v) is 5.03. The topological polar surface area (TPSA) is 89.8 Å². The predicted molar refractivity (Wildman–Crippen MR) is 128 cm³/mol. The second kappa shape index (κ2) is 9.20. The maximum Gasteiger partial charge on any atom is 0.268 e. The minimum Gasteiger partial charge on any atom is -0.377 e. The zero-order chi connectivity index (χ0) is 21.7. The normalized spacial score (nSPS) is 12.6. The molecule has 2 N–H and O–H groups in total. The Bertz CT molecular complexity index is 1350. The van der Waals surface area contributed by atoms with Crippen LogP contribution in [0.15, 0.2) is 106 Å². The molecule has 4 rings (SSSR count). The van der Waals surface area contributed by atoms with Crippen molar-refractivity contribution in [3.8, 4) is 0 Å². The van der Waals surface area contributed by atoms with Gasteiger partial charge in [-0.25, -0.2) is 12.4 Å². The van der Waals surface area contributed by atoms with Gasteiger partial charge in [-0.05, 0) is 41.5 Å². The lowest BCUT2D eigenvalue weighted by molar-refractivity contribution is 0.589. The highest BCUT2D eigenvalue weighted by Gasteiger charge is 2.18. The van der Waals surface area contributed by atoms with Crippen LogP contribution in [0.25, 0.3) is 10.9 Å². The van der Waals surface area contributed by atoms with E-state index in [2.05, 4.69) is 10.2 Å². The van der Waals surface area contributed by atoms with Crippen LogP contribution in [0.2, 0.25) is 0 Å². The number of amidine groups is 1. The molecule has 4 aromatic rings. The Morgan fingerprint density at radius 3 is 2.42 bits per heavy atom. The van der Waals surface area contributed by atoms with Crippen LogP contribution in [0.3, 0.4) is 0 Å². The van der Waals surface area contributed by atoms with E-state index in [0.29, 0.717) is 10.7 Å². The van der Waals surface area contributed by atoms with Gasteiger partial charge in [-0.15, -0.1) is 5.10 Å². The molecule has 0 saturated carbocycles. The number of hydrogen-bond acceptors (Lipinski definition) is 5. The van der Waals surface area contributed by atoms with Crippen molar-refractivity contribution in [3.05, 3.63) is 102 Å². The molecule has 0 aliphatic rings. The molecule has 0 radical (unpaired) electrons. The zero-order valence-electron chi connectivity index (χ0n) is 16.5. The Balaban J connectivity index is 1.49. The molecular formula is C23H20N4O2S2. The predicted octanol–water partition coefficient (Wildman–Crippen LogP) is 4.46. The summed E-state index contributed by atoms with van der Waals surface area (Å²) >= 11 is 1.42. The quantitative estimate of drug-likeness (QED) is 0.268. The van der Waals surface area contributed by atoms with Crippen LogP contribution in [-0.4, -0.2) is 23.8 Å². The first-order valence-corrected chi connectivity index (χ1v) is 11.9. The molecule has 0 amide bonds. The molecule has 6 nitrogen and oxygen atoms in total. The fraction of sp³-hybridized carbons (Fsp3) is 0.0435. The number of fused-ring (bicyclic) bond motifs is 1. The molecule has 0 bridgehead atoms. The molecule has 3 aromatic carbocycles. The van der Waals surface area contributed by atoms with E-state index < -0.39 is 10.0 Å². The Kier molecular flexibility index (Phi) is 6.20. The van der Waals surface area contributed by atoms with Gasteiger partial charge in [0.25, 0.3) is 10.0 Å². The second-order valence-corrected chi connectivity index (χ2v) is 9.52. The van der Waals surface area contributed by atoms with Crippen LogP contribution in [-0.2, 0) is 15.8 Å². The van der Waals surface area contributed by atoms with Crippen LogP contribution in [0, 0.1) is 0 Å². The Morgan fingerprint density at radius 2 is 1.68 bits per heavy atom. The van der Waals surface area contributed by atoms with E-state index in [4.69, 9.17) is 5.73 Å². The molecule has 0 aliphatic heterocycles. The Hall–Kier alpha value is -3.36. The number of rotatable bonds is 6. The first kappa shape index (κ1) is 20.9. The molecule has 1 aromatic heterocycles. The van der Waals surface area contributed by atoms with E-state index in [9.17, 15) is 8.42 Å². The molecule has 1 heterocycles. The lowest BCUT2D eigenvalue weighted by Gasteiger charge is -2.07. The smallest absolute Gasteiger partial charge is 0.268 e. The lowest BCUT2D eigenvalue weighted by Crippen LogP contribution is -2.11. The third-order valence-electron chi connectivity index (χ3n) is 4.57. The number of nitrogens with two attached hydrogens (primary N) is 1. The van der Waals surface area contributed by atoms with Gasteiger partial charge in [-0.2, -0.15) is 5.10 Å². The minimum atomic E-state index is -3.65. The van der Waals surface area contributed by atoms with Gasteiger partial charge in [0, 0.05) is 17.3 Å². The molecule has 0 atom stereocenters. The summed E-state index contributed by atoms with van der Waals surface area (Å²) in [6, 6.07) is 25.5. The van der Waals surface area contributed by atoms with Crippen LogP contribution >= 0.6 is 11.8 Å². The van der Waals surface area contributed by atoms with Gasteiger partial charge >= 0.3 is 0 Å². The van der Waals surface area contributed by atoms with Gasteiger partial charge < -0.3 is 5.73 Å². The standard InChI is InChI=1S/C23H20N4O2S2/c24-23(30-17-18-7-3-1-4-8-18)26-25-16-19-11-12-22-20(15-19)13-14-27(22)31(28,29)21-9-5-2-6-10-21/h1-16H,17H2,(H2,24,26). The van der Waals surface area contributed by atoms with Gasteiger partial charge in [0.15, 0.2) is 5.17 Å². The number of thioether (sulfide) groups is 1. The van der Waals surface area contributed by atoms with Gasteiger partial charge in [0.1, 0.15) is 0 Å². The van der Waals surface area contributed by atoms with Gasteiger partial charge in [-0.1, -0.05) is 66.4 Å². The SMILES string of the molecule is NC(=NN=Cc1ccc2c(ccn2S(=O)(=O)c2ccccc2)c1)SCc1ccccc1. The minimum absolute atomic E-state index is 0.246.